The first-order valence-electron chi connectivity index (χ1n) is 5.63. The van der Waals surface area contributed by atoms with Crippen LogP contribution < -0.4 is 0 Å². The molecule has 0 rings (SSSR count). The van der Waals surface area contributed by atoms with E-state index in [0.717, 1.165) is 19.4 Å². The monoisotopic (exact) mass is 381 g/mol. The fourth-order valence-corrected chi connectivity index (χ4v) is 1.78. The average Bonchev–Trinajstić information content (AvgIpc) is 1.92. The van der Waals surface area contributed by atoms with Crippen LogP contribution in [0.2, 0.25) is 0 Å². The van der Waals surface area contributed by atoms with Gasteiger partial charge in [0.15, 0.2) is 0 Å². The first-order chi connectivity index (χ1) is 6.60. The van der Waals surface area contributed by atoms with Crippen LogP contribution in [0, 0.1) is 5.41 Å². The molecule has 0 radical (unpaired) electrons. The summed E-state index contributed by atoms with van der Waals surface area (Å²) >= 11 is 1.50. The van der Waals surface area contributed by atoms with Crippen molar-refractivity contribution in [2.45, 2.75) is 58.4 Å². The summed E-state index contributed by atoms with van der Waals surface area (Å²) in [6.07, 6.45) is 4.65. The zero-order chi connectivity index (χ0) is 12.1. The van der Waals surface area contributed by atoms with Gasteiger partial charge in [-0.15, -0.1) is 0 Å². The Labute approximate surface area is 107 Å². The van der Waals surface area contributed by atoms with Crippen molar-refractivity contribution in [1.29, 1.82) is 0 Å². The van der Waals surface area contributed by atoms with E-state index in [1.165, 1.54) is 25.4 Å². The molecule has 0 amide bonds. The van der Waals surface area contributed by atoms with Gasteiger partial charge in [0.05, 0.1) is 0 Å². The summed E-state index contributed by atoms with van der Waals surface area (Å²) < 4.78 is 5.80. The average molecular weight is 381 g/mol. The molecule has 0 spiro atoms. The normalized spacial score (nSPS) is 14.4. The third kappa shape index (κ3) is 12.3. The zero-order valence-corrected chi connectivity index (χ0v) is 13.9. The van der Waals surface area contributed by atoms with Crippen molar-refractivity contribution in [1.82, 2.24) is 0 Å². The second kappa shape index (κ2) is 6.20. The van der Waals surface area contributed by atoms with Gasteiger partial charge in [0, 0.05) is 0 Å². The minimum atomic E-state index is 0.0850. The number of hydrogen-bond acceptors (Lipinski definition) is 1. The molecule has 0 saturated heterocycles. The molecule has 0 bridgehead atoms. The van der Waals surface area contributed by atoms with Gasteiger partial charge in [0.25, 0.3) is 0 Å². The number of ether oxygens (including phenoxy) is 1. The maximum atomic E-state index is 5.72. The summed E-state index contributed by atoms with van der Waals surface area (Å²) in [5.74, 6) is 0. The van der Waals surface area contributed by atoms with Crippen molar-refractivity contribution in [3.05, 3.63) is 11.6 Å². The fraction of sp³-hybridized carbons (Fsp3) is 0.846. The first-order valence-corrected chi connectivity index (χ1v) is 7.09. The molecular formula is C13H25OW. The van der Waals surface area contributed by atoms with Crippen molar-refractivity contribution in [2.24, 2.45) is 5.41 Å². The maximum absolute atomic E-state index is 5.72. The molecule has 2 heteroatoms. The first kappa shape index (κ1) is 15.4. The van der Waals surface area contributed by atoms with E-state index in [2.05, 4.69) is 47.6 Å². The van der Waals surface area contributed by atoms with Crippen LogP contribution in [0.3, 0.4) is 0 Å². The Kier molecular flexibility index (Phi) is 6.37. The van der Waals surface area contributed by atoms with E-state index >= 15 is 0 Å². The number of allylic oxidation sites excluding steroid dienone is 2. The summed E-state index contributed by atoms with van der Waals surface area (Å²) in [6, 6.07) is 0. The molecule has 0 heterocycles. The predicted octanol–water partition coefficient (Wildman–Crippen LogP) is 4.06. The fourth-order valence-electron chi connectivity index (χ4n) is 1.48. The van der Waals surface area contributed by atoms with Crippen molar-refractivity contribution in [2.75, 3.05) is 6.61 Å². The van der Waals surface area contributed by atoms with E-state index in [9.17, 15) is 0 Å². The van der Waals surface area contributed by atoms with Crippen LogP contribution in [0.25, 0.3) is 0 Å². The molecule has 0 aromatic rings. The Balaban J connectivity index is 3.74. The Morgan fingerprint density at radius 2 is 1.73 bits per heavy atom. The van der Waals surface area contributed by atoms with E-state index in [1.54, 1.807) is 0 Å². The minimum absolute atomic E-state index is 0.0850. The molecule has 0 aliphatic rings. The van der Waals surface area contributed by atoms with Gasteiger partial charge in [-0.25, -0.2) is 0 Å². The van der Waals surface area contributed by atoms with Crippen LogP contribution in [0.15, 0.2) is 11.6 Å². The quantitative estimate of drug-likeness (QED) is 0.516. The second-order valence-corrected chi connectivity index (χ2v) is 9.24. The Morgan fingerprint density at radius 1 is 1.20 bits per heavy atom. The van der Waals surface area contributed by atoms with Crippen molar-refractivity contribution < 1.29 is 24.6 Å². The molecule has 0 unspecified atom stereocenters. The summed E-state index contributed by atoms with van der Waals surface area (Å²) in [6.45, 7) is 14.1. The molecule has 0 aromatic carbocycles. The van der Waals surface area contributed by atoms with Crippen LogP contribution in [-0.2, 0) is 24.6 Å². The van der Waals surface area contributed by atoms with Gasteiger partial charge in [-0.1, -0.05) is 0 Å². The van der Waals surface area contributed by atoms with Crippen LogP contribution in [0.5, 0.6) is 0 Å². The molecule has 15 heavy (non-hydrogen) atoms. The van der Waals surface area contributed by atoms with Gasteiger partial charge < -0.3 is 0 Å². The molecule has 0 fully saturated rings. The molecule has 0 aromatic heterocycles. The van der Waals surface area contributed by atoms with Crippen LogP contribution >= 0.6 is 0 Å². The third-order valence-corrected chi connectivity index (χ3v) is 2.27. The van der Waals surface area contributed by atoms with Crippen LogP contribution in [-0.4, -0.2) is 10.6 Å². The number of hydrogen-bond donors (Lipinski definition) is 0. The summed E-state index contributed by atoms with van der Waals surface area (Å²) in [5.41, 5.74) is 1.78. The Bertz CT molecular complexity index is 206. The Morgan fingerprint density at radius 3 is 2.13 bits per heavy atom. The van der Waals surface area contributed by atoms with Gasteiger partial charge in [-0.2, -0.15) is 0 Å². The molecule has 1 nitrogen and oxygen atoms in total. The topological polar surface area (TPSA) is 9.23 Å². The van der Waals surface area contributed by atoms with Gasteiger partial charge in [0.1, 0.15) is 0 Å². The second-order valence-electron chi connectivity index (χ2n) is 5.71. The number of rotatable bonds is 5. The molecule has 0 atom stereocenters. The predicted molar refractivity (Wildman–Crippen MR) is 62.5 cm³/mol. The SMILES string of the molecule is C/C(=C/C(C)(C)C)CCCO[C](C)(C)[W]. The summed E-state index contributed by atoms with van der Waals surface area (Å²) in [7, 11) is 0. The third-order valence-electron chi connectivity index (χ3n) is 1.84. The van der Waals surface area contributed by atoms with Gasteiger partial charge in [-0.05, 0) is 0 Å². The van der Waals surface area contributed by atoms with Gasteiger partial charge in [-0.3, -0.25) is 0 Å². The summed E-state index contributed by atoms with van der Waals surface area (Å²) in [5, 5.41) is 0. The molecule has 0 aliphatic carbocycles. The van der Waals surface area contributed by atoms with E-state index in [0.29, 0.717) is 5.41 Å². The van der Waals surface area contributed by atoms with Crippen molar-refractivity contribution >= 4 is 0 Å². The molecule has 0 saturated carbocycles. The van der Waals surface area contributed by atoms with E-state index < -0.39 is 0 Å². The van der Waals surface area contributed by atoms with E-state index in [-0.39, 0.29) is 3.99 Å². The van der Waals surface area contributed by atoms with Gasteiger partial charge in [0.2, 0.25) is 0 Å². The van der Waals surface area contributed by atoms with Crippen LogP contribution in [0.1, 0.15) is 54.4 Å². The standard InChI is InChI=1S/C13H25O.W/c1-11(2)14-9-7-8-12(3)10-13(4,5)6;/h10H,7-9H2,1-6H3;/b12-10-;. The van der Waals surface area contributed by atoms with Crippen LogP contribution in [0.4, 0.5) is 0 Å². The van der Waals surface area contributed by atoms with Crippen molar-refractivity contribution in [3.63, 3.8) is 0 Å². The van der Waals surface area contributed by atoms with Gasteiger partial charge >= 0.3 is 107 Å². The molecule has 0 aliphatic heterocycles. The van der Waals surface area contributed by atoms with Crippen molar-refractivity contribution in [3.8, 4) is 0 Å². The van der Waals surface area contributed by atoms with E-state index in [4.69, 9.17) is 4.74 Å². The molecule has 89 valence electrons. The van der Waals surface area contributed by atoms with E-state index in [1.807, 2.05) is 0 Å². The molecule has 0 N–H and O–H groups in total. The Hall–Kier alpha value is 0.388. The zero-order valence-electron chi connectivity index (χ0n) is 11.0. The molecular weight excluding hydrogens is 356 g/mol. The summed E-state index contributed by atoms with van der Waals surface area (Å²) in [4.78, 5) is 0.